The molecule has 0 aromatic carbocycles. The molecule has 0 bridgehead atoms. The van der Waals surface area contributed by atoms with Crippen molar-refractivity contribution in [2.45, 2.75) is 52.6 Å². The molecule has 0 heterocycles. The van der Waals surface area contributed by atoms with Crippen molar-refractivity contribution >= 4 is 8.56 Å². The van der Waals surface area contributed by atoms with Crippen molar-refractivity contribution in [2.75, 3.05) is 39.6 Å². The van der Waals surface area contributed by atoms with Gasteiger partial charge in [-0.1, -0.05) is 26.7 Å². The van der Waals surface area contributed by atoms with E-state index in [0.29, 0.717) is 26.4 Å². The molecule has 0 spiro atoms. The van der Waals surface area contributed by atoms with Gasteiger partial charge in [0.2, 0.25) is 0 Å². The van der Waals surface area contributed by atoms with E-state index in [0.717, 1.165) is 38.1 Å². The third-order valence-electron chi connectivity index (χ3n) is 2.86. The molecule has 0 saturated carbocycles. The summed E-state index contributed by atoms with van der Waals surface area (Å²) in [4.78, 5) is 0. The summed E-state index contributed by atoms with van der Waals surface area (Å²) < 4.78 is 22.9. The first-order valence-corrected chi connectivity index (χ1v) is 9.91. The average Bonchev–Trinajstić information content (AvgIpc) is 2.41. The first-order chi connectivity index (χ1) is 9.24. The van der Waals surface area contributed by atoms with Crippen molar-refractivity contribution < 1.29 is 18.3 Å². The molecule has 0 rings (SSSR count). The summed E-state index contributed by atoms with van der Waals surface area (Å²) in [7, 11) is -2.06. The molecule has 0 aliphatic heterocycles. The van der Waals surface area contributed by atoms with E-state index >= 15 is 0 Å². The minimum atomic E-state index is -2.06. The predicted octanol–water partition coefficient (Wildman–Crippen LogP) is 3.35. The van der Waals surface area contributed by atoms with Gasteiger partial charge >= 0.3 is 8.56 Å². The van der Waals surface area contributed by atoms with Crippen LogP contribution in [-0.4, -0.2) is 48.2 Å². The zero-order valence-electron chi connectivity index (χ0n) is 13.2. The Balaban J connectivity index is 4.22. The maximum absolute atomic E-state index is 6.13. The van der Waals surface area contributed by atoms with Gasteiger partial charge in [0.1, 0.15) is 0 Å². The van der Waals surface area contributed by atoms with Crippen molar-refractivity contribution in [3.8, 4) is 0 Å². The first kappa shape index (κ1) is 19.1. The molecule has 0 aliphatic rings. The van der Waals surface area contributed by atoms with Gasteiger partial charge in [0.05, 0.1) is 26.4 Å². The molecule has 0 amide bonds. The van der Waals surface area contributed by atoms with Crippen molar-refractivity contribution in [3.63, 3.8) is 0 Å². The highest BCUT2D eigenvalue weighted by Gasteiger charge is 2.35. The largest absolute Gasteiger partial charge is 0.392 e. The van der Waals surface area contributed by atoms with Crippen molar-refractivity contribution in [1.82, 2.24) is 0 Å². The number of ether oxygens (including phenoxy) is 2. The lowest BCUT2D eigenvalue weighted by Crippen LogP contribution is -2.43. The Labute approximate surface area is 120 Å². The molecular weight excluding hydrogens is 260 g/mol. The molecule has 0 aromatic heterocycles. The van der Waals surface area contributed by atoms with Crippen LogP contribution >= 0.6 is 0 Å². The molecule has 0 N–H and O–H groups in total. The molecule has 0 aliphatic carbocycles. The van der Waals surface area contributed by atoms with Gasteiger partial charge in [-0.2, -0.15) is 0 Å². The minimum Gasteiger partial charge on any atom is -0.392 e. The van der Waals surface area contributed by atoms with Crippen LogP contribution in [0, 0.1) is 0 Å². The Morgan fingerprint density at radius 2 is 1.05 bits per heavy atom. The summed E-state index contributed by atoms with van der Waals surface area (Å²) in [6.45, 7) is 12.5. The molecule has 4 nitrogen and oxygen atoms in total. The third-order valence-corrected chi connectivity index (χ3v) is 6.84. The van der Waals surface area contributed by atoms with Crippen molar-refractivity contribution in [2.24, 2.45) is 0 Å². The van der Waals surface area contributed by atoms with Gasteiger partial charge in [0, 0.05) is 13.2 Å². The quantitative estimate of drug-likeness (QED) is 0.363. The molecule has 19 heavy (non-hydrogen) atoms. The van der Waals surface area contributed by atoms with Crippen LogP contribution in [0.2, 0.25) is 12.1 Å². The van der Waals surface area contributed by atoms with Gasteiger partial charge in [-0.25, -0.2) is 0 Å². The van der Waals surface area contributed by atoms with E-state index in [1.807, 2.05) is 13.8 Å². The van der Waals surface area contributed by atoms with Crippen LogP contribution in [0.3, 0.4) is 0 Å². The second-order valence-electron chi connectivity index (χ2n) is 4.50. The van der Waals surface area contributed by atoms with E-state index in [9.17, 15) is 0 Å². The zero-order valence-corrected chi connectivity index (χ0v) is 14.2. The maximum atomic E-state index is 6.13. The molecule has 0 saturated heterocycles. The number of hydrogen-bond acceptors (Lipinski definition) is 4. The van der Waals surface area contributed by atoms with Gasteiger partial charge in [0.25, 0.3) is 0 Å². The SMILES string of the molecule is CCC[Si](CCC)(OCCOCC)OCCOCC. The van der Waals surface area contributed by atoms with E-state index in [1.54, 1.807) is 0 Å². The van der Waals surface area contributed by atoms with Gasteiger partial charge in [-0.05, 0) is 25.9 Å². The van der Waals surface area contributed by atoms with E-state index in [1.165, 1.54) is 0 Å². The summed E-state index contributed by atoms with van der Waals surface area (Å²) in [5.41, 5.74) is 0. The zero-order chi connectivity index (χ0) is 14.4. The third kappa shape index (κ3) is 9.57. The number of hydrogen-bond donors (Lipinski definition) is 0. The standard InChI is InChI=1S/C14H32O4Si/c1-5-13-19(14-6-2,17-11-9-15-7-3)18-12-10-16-8-4/h5-14H2,1-4H3. The Kier molecular flexibility index (Phi) is 13.1. The molecular formula is C14H32O4Si. The topological polar surface area (TPSA) is 36.9 Å². The van der Waals surface area contributed by atoms with Crippen LogP contribution < -0.4 is 0 Å². The van der Waals surface area contributed by atoms with E-state index in [2.05, 4.69) is 13.8 Å². The fraction of sp³-hybridized carbons (Fsp3) is 1.00. The van der Waals surface area contributed by atoms with Gasteiger partial charge in [0.15, 0.2) is 0 Å². The molecule has 0 radical (unpaired) electrons. The van der Waals surface area contributed by atoms with Crippen LogP contribution in [0.25, 0.3) is 0 Å². The number of rotatable bonds is 14. The molecule has 0 unspecified atom stereocenters. The summed E-state index contributed by atoms with van der Waals surface area (Å²) in [6, 6.07) is 2.11. The molecule has 0 aromatic rings. The smallest absolute Gasteiger partial charge is 0.338 e. The van der Waals surface area contributed by atoms with E-state index in [-0.39, 0.29) is 0 Å². The summed E-state index contributed by atoms with van der Waals surface area (Å²) >= 11 is 0. The predicted molar refractivity (Wildman–Crippen MR) is 80.8 cm³/mol. The summed E-state index contributed by atoms with van der Waals surface area (Å²) in [6.07, 6.45) is 2.21. The fourth-order valence-electron chi connectivity index (χ4n) is 2.08. The Morgan fingerprint density at radius 1 is 0.632 bits per heavy atom. The second-order valence-corrected chi connectivity index (χ2v) is 7.90. The highest BCUT2D eigenvalue weighted by molar-refractivity contribution is 6.67. The molecule has 0 fully saturated rings. The Hall–Kier alpha value is 0.0569. The molecule has 0 atom stereocenters. The molecule has 116 valence electrons. The monoisotopic (exact) mass is 292 g/mol. The lowest BCUT2D eigenvalue weighted by molar-refractivity contribution is 0.0640. The summed E-state index contributed by atoms with van der Waals surface area (Å²) in [5, 5.41) is 0. The Morgan fingerprint density at radius 3 is 1.37 bits per heavy atom. The van der Waals surface area contributed by atoms with Crippen LogP contribution in [0.1, 0.15) is 40.5 Å². The average molecular weight is 292 g/mol. The minimum absolute atomic E-state index is 0.648. The summed E-state index contributed by atoms with van der Waals surface area (Å²) in [5.74, 6) is 0. The van der Waals surface area contributed by atoms with Crippen molar-refractivity contribution in [1.29, 1.82) is 0 Å². The van der Waals surface area contributed by atoms with E-state index < -0.39 is 8.56 Å². The van der Waals surface area contributed by atoms with Gasteiger partial charge < -0.3 is 18.3 Å². The Bertz CT molecular complexity index is 170. The fourth-order valence-corrected chi connectivity index (χ4v) is 5.42. The van der Waals surface area contributed by atoms with Crippen LogP contribution in [0.15, 0.2) is 0 Å². The van der Waals surface area contributed by atoms with Gasteiger partial charge in [-0.15, -0.1) is 0 Å². The lowest BCUT2D eigenvalue weighted by atomic mass is 10.6. The van der Waals surface area contributed by atoms with Crippen LogP contribution in [0.4, 0.5) is 0 Å². The first-order valence-electron chi connectivity index (χ1n) is 7.68. The normalized spacial score (nSPS) is 12.0. The maximum Gasteiger partial charge on any atom is 0.338 e. The highest BCUT2D eigenvalue weighted by atomic mass is 28.4. The molecule has 5 heteroatoms. The second kappa shape index (κ2) is 13.1. The van der Waals surface area contributed by atoms with Crippen molar-refractivity contribution in [3.05, 3.63) is 0 Å². The van der Waals surface area contributed by atoms with Crippen LogP contribution in [-0.2, 0) is 18.3 Å². The van der Waals surface area contributed by atoms with E-state index in [4.69, 9.17) is 18.3 Å². The highest BCUT2D eigenvalue weighted by Crippen LogP contribution is 2.22. The van der Waals surface area contributed by atoms with Gasteiger partial charge in [-0.3, -0.25) is 0 Å². The lowest BCUT2D eigenvalue weighted by Gasteiger charge is -2.30. The van der Waals surface area contributed by atoms with Crippen LogP contribution in [0.5, 0.6) is 0 Å².